The summed E-state index contributed by atoms with van der Waals surface area (Å²) in [6.07, 6.45) is 4.27. The van der Waals surface area contributed by atoms with E-state index in [0.29, 0.717) is 0 Å². The van der Waals surface area contributed by atoms with E-state index in [2.05, 4.69) is 162 Å². The van der Waals surface area contributed by atoms with Crippen LogP contribution in [0.15, 0.2) is 42.5 Å². The van der Waals surface area contributed by atoms with Crippen molar-refractivity contribution in [1.82, 2.24) is 0 Å². The minimum absolute atomic E-state index is 0.207. The van der Waals surface area contributed by atoms with Gasteiger partial charge >= 0.3 is 0 Å². The summed E-state index contributed by atoms with van der Waals surface area (Å²) >= 11 is 26.9. The Hall–Kier alpha value is 2.32. The van der Waals surface area contributed by atoms with E-state index >= 15 is 0 Å². The van der Waals surface area contributed by atoms with Crippen LogP contribution in [0.1, 0.15) is 19.4 Å². The van der Waals surface area contributed by atoms with Crippen LogP contribution in [0.25, 0.3) is 0 Å². The molecule has 0 nitrogen and oxygen atoms in total. The highest BCUT2D eigenvalue weighted by Crippen LogP contribution is 2.71. The fourth-order valence-electron chi connectivity index (χ4n) is 2.53. The topological polar surface area (TPSA) is 0 Å². The molecule has 22 heavy (non-hydrogen) atoms. The van der Waals surface area contributed by atoms with Crippen LogP contribution >= 0.6 is 112 Å². The second-order valence-electron chi connectivity index (χ2n) is 5.81. The summed E-state index contributed by atoms with van der Waals surface area (Å²) in [5, 5.41) is 0. The van der Waals surface area contributed by atoms with Crippen LogP contribution in [-0.4, -0.2) is 14.0 Å². The summed E-state index contributed by atoms with van der Waals surface area (Å²) in [7, 11) is 0. The van der Waals surface area contributed by atoms with Crippen molar-refractivity contribution in [2.24, 2.45) is 0 Å². The summed E-state index contributed by atoms with van der Waals surface area (Å²) in [6, 6.07) is 10.5. The molecule has 0 aromatic heterocycles. The van der Waals surface area contributed by atoms with Crippen molar-refractivity contribution in [3.05, 3.63) is 48.0 Å². The van der Waals surface area contributed by atoms with Crippen LogP contribution in [0.5, 0.6) is 0 Å². The molecule has 0 saturated heterocycles. The first-order valence-corrected chi connectivity index (χ1v) is 11.9. The Bertz CT molecular complexity index is 589. The lowest BCUT2D eigenvalue weighted by Crippen LogP contribution is -2.65. The van der Waals surface area contributed by atoms with Gasteiger partial charge in [-0.05, 0) is 5.56 Å². The quantitative estimate of drug-likeness (QED) is 0.212. The number of hydrogen-bond acceptors (Lipinski definition) is 0. The molecule has 0 saturated carbocycles. The van der Waals surface area contributed by atoms with Gasteiger partial charge in [0.2, 0.25) is 0 Å². The van der Waals surface area contributed by atoms with Crippen molar-refractivity contribution in [1.29, 1.82) is 0 Å². The van der Waals surface area contributed by atoms with Crippen molar-refractivity contribution < 1.29 is 0 Å². The summed E-state index contributed by atoms with van der Waals surface area (Å²) in [5.74, 6) is 0. The highest BCUT2D eigenvalue weighted by atomic mass is 79.9. The molecular formula is C15H13Br7. The van der Waals surface area contributed by atoms with Crippen molar-refractivity contribution in [3.8, 4) is 0 Å². The van der Waals surface area contributed by atoms with Crippen molar-refractivity contribution in [2.45, 2.75) is 33.3 Å². The van der Waals surface area contributed by atoms with Gasteiger partial charge in [-0.3, -0.25) is 0 Å². The maximum absolute atomic E-state index is 4.02. The second kappa shape index (κ2) is 6.49. The van der Waals surface area contributed by atoms with Gasteiger partial charge in [0.15, 0.2) is 0 Å². The molecule has 0 spiro atoms. The van der Waals surface area contributed by atoms with Gasteiger partial charge in [0.25, 0.3) is 0 Å². The highest BCUT2D eigenvalue weighted by molar-refractivity contribution is 9.33. The Morgan fingerprint density at radius 1 is 0.727 bits per heavy atom. The molecule has 0 amide bonds. The van der Waals surface area contributed by atoms with Gasteiger partial charge in [-0.15, -0.1) is 0 Å². The molecule has 1 aliphatic carbocycles. The zero-order chi connectivity index (χ0) is 17.0. The van der Waals surface area contributed by atoms with Crippen LogP contribution < -0.4 is 0 Å². The lowest BCUT2D eigenvalue weighted by Gasteiger charge is -2.58. The van der Waals surface area contributed by atoms with Crippen molar-refractivity contribution >= 4 is 112 Å². The molecular weight excluding hydrogens is 739 g/mol. The lowest BCUT2D eigenvalue weighted by atomic mass is 9.69. The largest absolute Gasteiger partial charge is 0.136 e. The van der Waals surface area contributed by atoms with Gasteiger partial charge in [-0.25, -0.2) is 0 Å². The van der Waals surface area contributed by atoms with Crippen molar-refractivity contribution in [3.63, 3.8) is 0 Å². The van der Waals surface area contributed by atoms with E-state index in [1.165, 1.54) is 5.56 Å². The molecule has 1 aliphatic rings. The normalized spacial score (nSPS) is 29.3. The molecule has 0 heterocycles. The van der Waals surface area contributed by atoms with Gasteiger partial charge in [-0.2, -0.15) is 0 Å². The highest BCUT2D eigenvalue weighted by Gasteiger charge is 2.70. The van der Waals surface area contributed by atoms with E-state index in [9.17, 15) is 0 Å². The Kier molecular flexibility index (Phi) is 6.08. The SMILES string of the molecule is CC(C)(c1ccccc1)C1(Br)C=CC(Br)(Br)C(Br)(Br)C1(Br)Br. The number of benzene rings is 1. The lowest BCUT2D eigenvalue weighted by molar-refractivity contribution is 0.390. The van der Waals surface area contributed by atoms with Crippen LogP contribution in [0.4, 0.5) is 0 Å². The molecule has 1 atom stereocenters. The number of alkyl halides is 7. The first-order chi connectivity index (χ1) is 9.81. The standard InChI is InChI=1S/C15H13Br7/c1-11(2,10-6-4-3-5-7-10)12(16)8-9-13(17,18)15(21,22)14(12,19)20/h3-9H,1-2H3. The van der Waals surface area contributed by atoms with E-state index in [0.717, 1.165) is 0 Å². The first kappa shape index (κ1) is 20.6. The van der Waals surface area contributed by atoms with E-state index < -0.39 is 14.0 Å². The van der Waals surface area contributed by atoms with Gasteiger partial charge in [0.1, 0.15) is 9.70 Å². The fraction of sp³-hybridized carbons (Fsp3) is 0.467. The van der Waals surface area contributed by atoms with E-state index in [1.54, 1.807) is 0 Å². The van der Waals surface area contributed by atoms with Crippen LogP contribution in [0, 0.1) is 0 Å². The number of hydrogen-bond donors (Lipinski definition) is 0. The molecule has 0 N–H and O–H groups in total. The third-order valence-electron chi connectivity index (χ3n) is 4.20. The molecule has 7 heteroatoms. The number of rotatable bonds is 2. The summed E-state index contributed by atoms with van der Waals surface area (Å²) in [4.78, 5) is 0. The Morgan fingerprint density at radius 2 is 1.23 bits per heavy atom. The molecule has 1 unspecified atom stereocenters. The maximum Gasteiger partial charge on any atom is 0.136 e. The molecule has 1 aromatic carbocycles. The summed E-state index contributed by atoms with van der Waals surface area (Å²) in [5.41, 5.74) is 1.04. The predicted molar refractivity (Wildman–Crippen MR) is 122 cm³/mol. The van der Waals surface area contributed by atoms with Crippen LogP contribution in [-0.2, 0) is 5.41 Å². The van der Waals surface area contributed by atoms with Gasteiger partial charge in [-0.1, -0.05) is 168 Å². The molecule has 0 bridgehead atoms. The molecule has 0 radical (unpaired) electrons. The summed E-state index contributed by atoms with van der Waals surface area (Å²) in [6.45, 7) is 4.45. The Morgan fingerprint density at radius 3 is 1.73 bits per heavy atom. The van der Waals surface area contributed by atoms with Crippen LogP contribution in [0.2, 0.25) is 0 Å². The average molecular weight is 753 g/mol. The molecule has 0 aliphatic heterocycles. The zero-order valence-corrected chi connectivity index (χ0v) is 22.8. The monoisotopic (exact) mass is 746 g/mol. The Labute approximate surface area is 190 Å². The molecule has 2 rings (SSSR count). The van der Waals surface area contributed by atoms with Gasteiger partial charge < -0.3 is 0 Å². The Balaban J connectivity index is 2.68. The third kappa shape index (κ3) is 2.88. The van der Waals surface area contributed by atoms with Crippen LogP contribution in [0.3, 0.4) is 0 Å². The molecule has 122 valence electrons. The smallest absolute Gasteiger partial charge is 0.0772 e. The molecule has 0 fully saturated rings. The second-order valence-corrected chi connectivity index (χ2v) is 17.5. The number of allylic oxidation sites excluding steroid dienone is 2. The minimum Gasteiger partial charge on any atom is -0.0772 e. The van der Waals surface area contributed by atoms with Gasteiger partial charge in [0, 0.05) is 5.41 Å². The van der Waals surface area contributed by atoms with E-state index in [4.69, 9.17) is 0 Å². The van der Waals surface area contributed by atoms with Crippen molar-refractivity contribution in [2.75, 3.05) is 0 Å². The zero-order valence-electron chi connectivity index (χ0n) is 11.7. The third-order valence-corrected chi connectivity index (χ3v) is 18.0. The van der Waals surface area contributed by atoms with E-state index in [1.807, 2.05) is 6.07 Å². The number of halogens is 7. The average Bonchev–Trinajstić information content (AvgIpc) is 2.43. The first-order valence-electron chi connectivity index (χ1n) is 6.39. The molecule has 1 aromatic rings. The minimum atomic E-state index is -0.554. The van der Waals surface area contributed by atoms with E-state index in [-0.39, 0.29) is 5.41 Å². The van der Waals surface area contributed by atoms with Gasteiger partial charge in [0.05, 0.1) is 4.32 Å². The summed E-state index contributed by atoms with van der Waals surface area (Å²) < 4.78 is -2.00. The fourth-order valence-corrected chi connectivity index (χ4v) is 8.42. The predicted octanol–water partition coefficient (Wildman–Crippen LogP) is 8.13. The maximum atomic E-state index is 4.02.